The van der Waals surface area contributed by atoms with E-state index in [9.17, 15) is 0 Å². The highest BCUT2D eigenvalue weighted by molar-refractivity contribution is 5.40. The van der Waals surface area contributed by atoms with Crippen LogP contribution >= 0.6 is 0 Å². The summed E-state index contributed by atoms with van der Waals surface area (Å²) in [7, 11) is 4.45. The third-order valence-electron chi connectivity index (χ3n) is 3.86. The highest BCUT2D eigenvalue weighted by Gasteiger charge is 2.90. The van der Waals surface area contributed by atoms with Crippen molar-refractivity contribution in [3.05, 3.63) is 0 Å². The van der Waals surface area contributed by atoms with Crippen LogP contribution < -0.4 is 0 Å². The van der Waals surface area contributed by atoms with Gasteiger partial charge in [-0.3, -0.25) is 0 Å². The zero-order valence-electron chi connectivity index (χ0n) is 6.09. The lowest BCUT2D eigenvalue weighted by Gasteiger charge is -2.31. The van der Waals surface area contributed by atoms with Crippen LogP contribution in [0, 0.1) is 17.3 Å². The molecule has 0 aromatic rings. The molecule has 4 unspecified atom stereocenters. The predicted molar refractivity (Wildman–Crippen MR) is 36.1 cm³/mol. The molecule has 1 nitrogen and oxygen atoms in total. The Morgan fingerprint density at radius 2 is 2.22 bits per heavy atom. The second-order valence-corrected chi connectivity index (χ2v) is 4.19. The molecule has 0 aromatic heterocycles. The molecule has 0 radical (unpaired) electrons. The van der Waals surface area contributed by atoms with Crippen LogP contribution in [0.15, 0.2) is 0 Å². The first-order chi connectivity index (χ1) is 4.28. The average Bonchev–Trinajstić information content (AvgIpc) is 2.48. The van der Waals surface area contributed by atoms with E-state index < -0.39 is 0 Å². The lowest BCUT2D eigenvalue weighted by atomic mass is 9.82. The predicted octanol–water partition coefficient (Wildman–Crippen LogP) is 0.956. The van der Waals surface area contributed by atoms with Crippen molar-refractivity contribution >= 4 is 0 Å². The van der Waals surface area contributed by atoms with E-state index in [1.807, 2.05) is 0 Å². The number of fused-ring (bicyclic) bond motifs is 1. The molecule has 3 fully saturated rings. The van der Waals surface area contributed by atoms with E-state index in [1.165, 1.54) is 5.92 Å². The smallest absolute Gasteiger partial charge is 0.0189 e. The zero-order chi connectivity index (χ0) is 6.22. The van der Waals surface area contributed by atoms with Crippen molar-refractivity contribution in [1.29, 1.82) is 0 Å². The van der Waals surface area contributed by atoms with Crippen LogP contribution in [0.2, 0.25) is 0 Å². The standard InChI is InChI=1S/C8H13N/c1-9(2)7-6-5-3-4-8(5,6)7/h5-7H,3-4H2,1-2H3. The fraction of sp³-hybridized carbons (Fsp3) is 1.00. The molecule has 1 spiro atoms. The second-order valence-electron chi connectivity index (χ2n) is 4.19. The number of hydrogen-bond acceptors (Lipinski definition) is 1. The lowest BCUT2D eigenvalue weighted by Crippen LogP contribution is -2.33. The molecule has 3 aliphatic carbocycles. The molecule has 0 N–H and O–H groups in total. The third-order valence-corrected chi connectivity index (χ3v) is 3.86. The zero-order valence-corrected chi connectivity index (χ0v) is 6.09. The first kappa shape index (κ1) is 4.73. The summed E-state index contributed by atoms with van der Waals surface area (Å²) >= 11 is 0. The molecule has 0 aliphatic heterocycles. The molecule has 0 saturated heterocycles. The van der Waals surface area contributed by atoms with E-state index in [1.54, 1.807) is 12.8 Å². The largest absolute Gasteiger partial charge is 0.306 e. The molecule has 0 amide bonds. The topological polar surface area (TPSA) is 3.24 Å². The van der Waals surface area contributed by atoms with Gasteiger partial charge in [0.2, 0.25) is 0 Å². The van der Waals surface area contributed by atoms with E-state index in [2.05, 4.69) is 19.0 Å². The fourth-order valence-corrected chi connectivity index (χ4v) is 3.30. The summed E-state index contributed by atoms with van der Waals surface area (Å²) in [6.45, 7) is 0. The van der Waals surface area contributed by atoms with Crippen LogP contribution in [0.3, 0.4) is 0 Å². The van der Waals surface area contributed by atoms with Crippen LogP contribution in [-0.4, -0.2) is 25.0 Å². The summed E-state index contributed by atoms with van der Waals surface area (Å²) in [5, 5.41) is 0. The summed E-state index contributed by atoms with van der Waals surface area (Å²) in [5.74, 6) is 2.36. The highest BCUT2D eigenvalue weighted by Crippen LogP contribution is 2.90. The maximum atomic E-state index is 2.42. The van der Waals surface area contributed by atoms with Crippen molar-refractivity contribution in [3.63, 3.8) is 0 Å². The molecule has 3 aliphatic rings. The van der Waals surface area contributed by atoms with Gasteiger partial charge >= 0.3 is 0 Å². The quantitative estimate of drug-likeness (QED) is 0.502. The van der Waals surface area contributed by atoms with Gasteiger partial charge in [-0.25, -0.2) is 0 Å². The van der Waals surface area contributed by atoms with Crippen LogP contribution in [0.4, 0.5) is 0 Å². The highest BCUT2D eigenvalue weighted by atomic mass is 15.2. The van der Waals surface area contributed by atoms with E-state index in [0.29, 0.717) is 0 Å². The van der Waals surface area contributed by atoms with Gasteiger partial charge in [-0.05, 0) is 44.2 Å². The van der Waals surface area contributed by atoms with Crippen molar-refractivity contribution in [1.82, 2.24) is 4.90 Å². The Bertz CT molecular complexity index is 175. The second kappa shape index (κ2) is 0.968. The maximum Gasteiger partial charge on any atom is 0.0189 e. The summed E-state index contributed by atoms with van der Waals surface area (Å²) < 4.78 is 0. The van der Waals surface area contributed by atoms with Crippen molar-refractivity contribution in [3.8, 4) is 0 Å². The normalized spacial score (nSPS) is 66.3. The van der Waals surface area contributed by atoms with Crippen LogP contribution in [0.5, 0.6) is 0 Å². The van der Waals surface area contributed by atoms with Gasteiger partial charge in [-0.2, -0.15) is 0 Å². The number of rotatable bonds is 1. The minimum atomic E-state index is 0.920. The third kappa shape index (κ3) is 0.277. The van der Waals surface area contributed by atoms with E-state index in [-0.39, 0.29) is 0 Å². The molecule has 50 valence electrons. The fourth-order valence-electron chi connectivity index (χ4n) is 3.30. The van der Waals surface area contributed by atoms with Crippen molar-refractivity contribution in [2.24, 2.45) is 17.3 Å². The summed E-state index contributed by atoms with van der Waals surface area (Å²) in [6, 6.07) is 1.01. The van der Waals surface area contributed by atoms with Gasteiger partial charge in [0.25, 0.3) is 0 Å². The first-order valence-electron chi connectivity index (χ1n) is 3.95. The van der Waals surface area contributed by atoms with Crippen LogP contribution in [-0.2, 0) is 0 Å². The molecule has 4 atom stereocenters. The molecule has 9 heavy (non-hydrogen) atoms. The van der Waals surface area contributed by atoms with E-state index in [0.717, 1.165) is 17.4 Å². The molecule has 0 aromatic carbocycles. The Morgan fingerprint density at radius 1 is 1.44 bits per heavy atom. The van der Waals surface area contributed by atoms with Crippen LogP contribution in [0.1, 0.15) is 12.8 Å². The van der Waals surface area contributed by atoms with Gasteiger partial charge in [0.1, 0.15) is 0 Å². The number of hydrogen-bond donors (Lipinski definition) is 0. The molecule has 0 bridgehead atoms. The Hall–Kier alpha value is -0.0400. The maximum absolute atomic E-state index is 2.42. The van der Waals surface area contributed by atoms with Gasteiger partial charge in [-0.15, -0.1) is 0 Å². The first-order valence-corrected chi connectivity index (χ1v) is 3.95. The Labute approximate surface area is 56.0 Å². The molecule has 1 heteroatoms. The molecular formula is C8H13N. The van der Waals surface area contributed by atoms with Crippen molar-refractivity contribution in [2.75, 3.05) is 14.1 Å². The van der Waals surface area contributed by atoms with Crippen molar-refractivity contribution < 1.29 is 0 Å². The lowest BCUT2D eigenvalue weighted by molar-refractivity contribution is 0.175. The Balaban J connectivity index is 1.80. The van der Waals surface area contributed by atoms with Gasteiger partial charge < -0.3 is 4.90 Å². The summed E-state index contributed by atoms with van der Waals surface area (Å²) in [6.07, 6.45) is 3.10. The molecule has 3 rings (SSSR count). The Morgan fingerprint density at radius 3 is 2.33 bits per heavy atom. The van der Waals surface area contributed by atoms with E-state index >= 15 is 0 Å². The minimum Gasteiger partial charge on any atom is -0.306 e. The molecule has 0 heterocycles. The van der Waals surface area contributed by atoms with Gasteiger partial charge in [0.15, 0.2) is 0 Å². The van der Waals surface area contributed by atoms with E-state index in [4.69, 9.17) is 0 Å². The number of nitrogens with zero attached hydrogens (tertiary/aromatic N) is 1. The average molecular weight is 123 g/mol. The van der Waals surface area contributed by atoms with Gasteiger partial charge in [-0.1, -0.05) is 0 Å². The minimum absolute atomic E-state index is 0.920. The summed E-state index contributed by atoms with van der Waals surface area (Å²) in [5.41, 5.74) is 0.920. The van der Waals surface area contributed by atoms with Crippen LogP contribution in [0.25, 0.3) is 0 Å². The summed E-state index contributed by atoms with van der Waals surface area (Å²) in [4.78, 5) is 2.42. The van der Waals surface area contributed by atoms with Gasteiger partial charge in [0.05, 0.1) is 0 Å². The monoisotopic (exact) mass is 123 g/mol. The molecular weight excluding hydrogens is 110 g/mol. The molecule has 3 saturated carbocycles. The Kier molecular flexibility index (Phi) is 0.508. The van der Waals surface area contributed by atoms with Crippen molar-refractivity contribution in [2.45, 2.75) is 18.9 Å². The van der Waals surface area contributed by atoms with Gasteiger partial charge in [0, 0.05) is 6.04 Å². The SMILES string of the molecule is CN(C)C1C2C3CCC321.